The Hall–Kier alpha value is -1.63. The molecule has 1 aromatic rings. The number of nitriles is 1. The number of nitrogen functional groups attached to an aromatic ring is 1. The van der Waals surface area contributed by atoms with Crippen molar-refractivity contribution in [2.45, 2.75) is 32.1 Å². The van der Waals surface area contributed by atoms with Crippen LogP contribution in [0, 0.1) is 11.3 Å². The highest BCUT2D eigenvalue weighted by atomic mass is 14.9. The number of unbranched alkanes of at least 4 members (excludes halogenated alkanes) is 3. The van der Waals surface area contributed by atoms with Crippen molar-refractivity contribution in [1.29, 1.82) is 5.26 Å². The first-order valence-electron chi connectivity index (χ1n) is 4.77. The van der Waals surface area contributed by atoms with Gasteiger partial charge in [0.1, 0.15) is 11.6 Å². The summed E-state index contributed by atoms with van der Waals surface area (Å²) in [5, 5.41) is 8.33. The normalized spacial score (nSPS) is 9.64. The predicted molar refractivity (Wildman–Crippen MR) is 54.2 cm³/mol. The molecular formula is C10H14N4. The molecule has 0 aliphatic rings. The fourth-order valence-electron chi connectivity index (χ4n) is 1.20. The molecule has 0 fully saturated rings. The fourth-order valence-corrected chi connectivity index (χ4v) is 1.20. The van der Waals surface area contributed by atoms with Gasteiger partial charge in [0.15, 0.2) is 0 Å². The van der Waals surface area contributed by atoms with Gasteiger partial charge < -0.3 is 5.73 Å². The molecular weight excluding hydrogens is 176 g/mol. The quantitative estimate of drug-likeness (QED) is 0.717. The fraction of sp³-hybridized carbons (Fsp3) is 0.500. The highest BCUT2D eigenvalue weighted by Gasteiger charge is 1.96. The Morgan fingerprint density at radius 3 is 2.93 bits per heavy atom. The van der Waals surface area contributed by atoms with Gasteiger partial charge in [-0.25, -0.2) is 9.97 Å². The van der Waals surface area contributed by atoms with Gasteiger partial charge in [-0.2, -0.15) is 5.26 Å². The van der Waals surface area contributed by atoms with Crippen LogP contribution in [0.2, 0.25) is 0 Å². The molecule has 0 radical (unpaired) electrons. The van der Waals surface area contributed by atoms with Gasteiger partial charge in [0.2, 0.25) is 0 Å². The van der Waals surface area contributed by atoms with E-state index in [1.807, 2.05) is 0 Å². The number of rotatable bonds is 5. The second-order valence-electron chi connectivity index (χ2n) is 3.12. The van der Waals surface area contributed by atoms with Crippen molar-refractivity contribution in [2.75, 3.05) is 5.73 Å². The van der Waals surface area contributed by atoms with Crippen LogP contribution in [-0.4, -0.2) is 9.97 Å². The third-order valence-electron chi connectivity index (χ3n) is 1.92. The monoisotopic (exact) mass is 190 g/mol. The van der Waals surface area contributed by atoms with Crippen LogP contribution >= 0.6 is 0 Å². The molecule has 0 bridgehead atoms. The molecule has 0 aromatic carbocycles. The Bertz CT molecular complexity index is 316. The Morgan fingerprint density at radius 2 is 2.21 bits per heavy atom. The topological polar surface area (TPSA) is 75.6 Å². The minimum Gasteiger partial charge on any atom is -0.384 e. The summed E-state index contributed by atoms with van der Waals surface area (Å²) >= 11 is 0. The first-order chi connectivity index (χ1) is 6.83. The lowest BCUT2D eigenvalue weighted by Gasteiger charge is -1.99. The van der Waals surface area contributed by atoms with Crippen LogP contribution in [0.1, 0.15) is 31.5 Å². The highest BCUT2D eigenvalue weighted by molar-refractivity contribution is 5.24. The summed E-state index contributed by atoms with van der Waals surface area (Å²) in [5.41, 5.74) is 5.52. The summed E-state index contributed by atoms with van der Waals surface area (Å²) < 4.78 is 0. The van der Waals surface area contributed by atoms with Gasteiger partial charge in [-0.1, -0.05) is 6.42 Å². The van der Waals surface area contributed by atoms with Crippen LogP contribution in [-0.2, 0) is 6.42 Å². The van der Waals surface area contributed by atoms with Gasteiger partial charge in [0.25, 0.3) is 0 Å². The first-order valence-corrected chi connectivity index (χ1v) is 4.77. The minimum atomic E-state index is 0.520. The van der Waals surface area contributed by atoms with E-state index in [2.05, 4.69) is 16.0 Å². The second kappa shape index (κ2) is 5.92. The van der Waals surface area contributed by atoms with E-state index in [1.165, 1.54) is 0 Å². The maximum atomic E-state index is 8.33. The lowest BCUT2D eigenvalue weighted by atomic mass is 10.1. The van der Waals surface area contributed by atoms with E-state index in [1.54, 1.807) is 12.3 Å². The van der Waals surface area contributed by atoms with Crippen LogP contribution in [0.15, 0.2) is 12.3 Å². The van der Waals surface area contributed by atoms with Gasteiger partial charge in [-0.05, 0) is 18.9 Å². The summed E-state index contributed by atoms with van der Waals surface area (Å²) in [7, 11) is 0. The number of hydrogen-bond acceptors (Lipinski definition) is 4. The molecule has 0 saturated heterocycles. The van der Waals surface area contributed by atoms with Crippen molar-refractivity contribution in [2.24, 2.45) is 0 Å². The molecule has 2 N–H and O–H groups in total. The molecule has 1 rings (SSSR count). The standard InChI is InChI=1S/C10H14N4/c11-7-4-2-1-3-5-10-13-8-6-9(12)14-10/h6,8H,1-5H2,(H2,12,13,14). The molecule has 4 nitrogen and oxygen atoms in total. The molecule has 74 valence electrons. The van der Waals surface area contributed by atoms with E-state index in [0.717, 1.165) is 31.5 Å². The highest BCUT2D eigenvalue weighted by Crippen LogP contribution is 2.04. The Balaban J connectivity index is 2.22. The smallest absolute Gasteiger partial charge is 0.130 e. The molecule has 1 heterocycles. The molecule has 14 heavy (non-hydrogen) atoms. The zero-order valence-corrected chi connectivity index (χ0v) is 8.11. The van der Waals surface area contributed by atoms with E-state index in [9.17, 15) is 0 Å². The minimum absolute atomic E-state index is 0.520. The first kappa shape index (κ1) is 10.5. The summed E-state index contributed by atoms with van der Waals surface area (Å²) in [6.45, 7) is 0. The van der Waals surface area contributed by atoms with Crippen molar-refractivity contribution in [3.05, 3.63) is 18.1 Å². The van der Waals surface area contributed by atoms with Crippen LogP contribution in [0.3, 0.4) is 0 Å². The lowest BCUT2D eigenvalue weighted by molar-refractivity contribution is 0.672. The molecule has 0 saturated carbocycles. The van der Waals surface area contributed by atoms with E-state index in [4.69, 9.17) is 11.0 Å². The second-order valence-corrected chi connectivity index (χ2v) is 3.12. The van der Waals surface area contributed by atoms with Crippen molar-refractivity contribution in [1.82, 2.24) is 9.97 Å². The maximum absolute atomic E-state index is 8.33. The number of hydrogen-bond donors (Lipinski definition) is 1. The maximum Gasteiger partial charge on any atom is 0.130 e. The lowest BCUT2D eigenvalue weighted by Crippen LogP contribution is -1.98. The summed E-state index contributed by atoms with van der Waals surface area (Å²) in [5.74, 6) is 1.31. The molecule has 1 aromatic heterocycles. The van der Waals surface area contributed by atoms with Crippen molar-refractivity contribution >= 4 is 5.82 Å². The van der Waals surface area contributed by atoms with E-state index < -0.39 is 0 Å². The number of nitrogens with two attached hydrogens (primary N) is 1. The Kier molecular flexibility index (Phi) is 4.42. The summed E-state index contributed by atoms with van der Waals surface area (Å²) in [6.07, 6.45) is 6.18. The third kappa shape index (κ3) is 3.85. The van der Waals surface area contributed by atoms with Crippen LogP contribution in [0.5, 0.6) is 0 Å². The zero-order chi connectivity index (χ0) is 10.2. The van der Waals surface area contributed by atoms with Gasteiger partial charge in [0.05, 0.1) is 6.07 Å². The SMILES string of the molecule is N#CCCCCCc1nccc(N)n1. The van der Waals surface area contributed by atoms with Gasteiger partial charge >= 0.3 is 0 Å². The molecule has 0 aliphatic heterocycles. The molecule has 0 spiro atoms. The van der Waals surface area contributed by atoms with Gasteiger partial charge in [-0.3, -0.25) is 0 Å². The molecule has 0 atom stereocenters. The zero-order valence-electron chi connectivity index (χ0n) is 8.11. The van der Waals surface area contributed by atoms with Crippen LogP contribution in [0.4, 0.5) is 5.82 Å². The summed E-state index contributed by atoms with van der Waals surface area (Å²) in [6, 6.07) is 3.80. The number of aromatic nitrogens is 2. The molecule has 4 heteroatoms. The van der Waals surface area contributed by atoms with Crippen molar-refractivity contribution in [3.63, 3.8) is 0 Å². The van der Waals surface area contributed by atoms with Crippen LogP contribution < -0.4 is 5.73 Å². The number of anilines is 1. The molecule has 0 aliphatic carbocycles. The average molecular weight is 190 g/mol. The largest absolute Gasteiger partial charge is 0.384 e. The van der Waals surface area contributed by atoms with Gasteiger partial charge in [-0.15, -0.1) is 0 Å². The van der Waals surface area contributed by atoms with E-state index in [-0.39, 0.29) is 0 Å². The van der Waals surface area contributed by atoms with E-state index >= 15 is 0 Å². The van der Waals surface area contributed by atoms with Crippen molar-refractivity contribution < 1.29 is 0 Å². The Labute approximate surface area is 83.8 Å². The predicted octanol–water partition coefficient (Wildman–Crippen LogP) is 1.69. The Morgan fingerprint density at radius 1 is 1.36 bits per heavy atom. The number of aryl methyl sites for hydroxylation is 1. The number of nitrogens with zero attached hydrogens (tertiary/aromatic N) is 3. The van der Waals surface area contributed by atoms with E-state index in [0.29, 0.717) is 12.2 Å². The van der Waals surface area contributed by atoms with Crippen molar-refractivity contribution in [3.8, 4) is 6.07 Å². The summed E-state index contributed by atoms with van der Waals surface area (Å²) in [4.78, 5) is 8.19. The van der Waals surface area contributed by atoms with Crippen LogP contribution in [0.25, 0.3) is 0 Å². The molecule has 0 unspecified atom stereocenters. The van der Waals surface area contributed by atoms with Gasteiger partial charge in [0, 0.05) is 19.0 Å². The third-order valence-corrected chi connectivity index (χ3v) is 1.92. The average Bonchev–Trinajstić information content (AvgIpc) is 2.18. The molecule has 0 amide bonds.